The van der Waals surface area contributed by atoms with Crippen molar-refractivity contribution < 1.29 is 0 Å². The van der Waals surface area contributed by atoms with Crippen molar-refractivity contribution in [3.8, 4) is 0 Å². The fraction of sp³-hybridized carbons (Fsp3) is 0.571. The molecule has 0 saturated carbocycles. The van der Waals surface area contributed by atoms with E-state index in [0.717, 1.165) is 12.3 Å². The Morgan fingerprint density at radius 3 is 2.27 bits per heavy atom. The number of hydrogen-bond acceptors (Lipinski definition) is 1. The van der Waals surface area contributed by atoms with Gasteiger partial charge in [0.15, 0.2) is 0 Å². The molecule has 0 fully saturated rings. The van der Waals surface area contributed by atoms with Crippen LogP contribution in [0.1, 0.15) is 32.3 Å². The van der Waals surface area contributed by atoms with Crippen molar-refractivity contribution in [3.05, 3.63) is 35.9 Å². The number of rotatable bonds is 6. The van der Waals surface area contributed by atoms with Crippen LogP contribution in [0.25, 0.3) is 0 Å². The lowest BCUT2D eigenvalue weighted by atomic mass is 9.98. The van der Waals surface area contributed by atoms with Crippen molar-refractivity contribution in [2.75, 3.05) is 7.05 Å². The molecule has 0 bridgehead atoms. The molecular weight excluding hydrogens is 182 g/mol. The van der Waals surface area contributed by atoms with Gasteiger partial charge >= 0.3 is 0 Å². The van der Waals surface area contributed by atoms with E-state index in [1.54, 1.807) is 0 Å². The van der Waals surface area contributed by atoms with Gasteiger partial charge in [0, 0.05) is 6.04 Å². The molecule has 1 heteroatoms. The first-order valence-corrected chi connectivity index (χ1v) is 5.93. The molecule has 1 N–H and O–H groups in total. The minimum atomic E-state index is 0.620. The van der Waals surface area contributed by atoms with Crippen molar-refractivity contribution in [2.24, 2.45) is 5.92 Å². The summed E-state index contributed by atoms with van der Waals surface area (Å²) in [6.45, 7) is 4.57. The van der Waals surface area contributed by atoms with Crippen LogP contribution in [0.2, 0.25) is 0 Å². The molecule has 0 aliphatic carbocycles. The minimum Gasteiger partial charge on any atom is -0.317 e. The van der Waals surface area contributed by atoms with E-state index in [2.05, 4.69) is 56.5 Å². The smallest absolute Gasteiger partial charge is 0.0105 e. The highest BCUT2D eigenvalue weighted by atomic mass is 14.9. The Bertz CT molecular complexity index is 253. The Balaban J connectivity index is 2.40. The number of hydrogen-bond donors (Lipinski definition) is 1. The zero-order chi connectivity index (χ0) is 11.1. The van der Waals surface area contributed by atoms with Gasteiger partial charge in [-0.05, 0) is 37.8 Å². The van der Waals surface area contributed by atoms with Gasteiger partial charge in [-0.1, -0.05) is 44.2 Å². The van der Waals surface area contributed by atoms with Crippen molar-refractivity contribution in [3.63, 3.8) is 0 Å². The lowest BCUT2D eigenvalue weighted by Crippen LogP contribution is -2.27. The standard InChI is InChI=1S/C14H23N/c1-12(2)9-10-14(15-3)11-13-7-5-4-6-8-13/h4-8,12,14-15H,9-11H2,1-3H3. The second-order valence-electron chi connectivity index (χ2n) is 4.65. The Morgan fingerprint density at radius 1 is 1.07 bits per heavy atom. The van der Waals surface area contributed by atoms with Crippen molar-refractivity contribution >= 4 is 0 Å². The molecule has 1 rings (SSSR count). The van der Waals surface area contributed by atoms with Crippen LogP contribution in [0.15, 0.2) is 30.3 Å². The Labute approximate surface area is 93.9 Å². The summed E-state index contributed by atoms with van der Waals surface area (Å²) in [7, 11) is 2.06. The zero-order valence-corrected chi connectivity index (χ0v) is 10.2. The molecule has 15 heavy (non-hydrogen) atoms. The molecule has 1 atom stereocenters. The van der Waals surface area contributed by atoms with Gasteiger partial charge in [0.2, 0.25) is 0 Å². The lowest BCUT2D eigenvalue weighted by molar-refractivity contribution is 0.451. The average Bonchev–Trinajstić information content (AvgIpc) is 2.25. The summed E-state index contributed by atoms with van der Waals surface area (Å²) >= 11 is 0. The van der Waals surface area contributed by atoms with Crippen molar-refractivity contribution in [1.29, 1.82) is 0 Å². The monoisotopic (exact) mass is 205 g/mol. The zero-order valence-electron chi connectivity index (χ0n) is 10.2. The van der Waals surface area contributed by atoms with Gasteiger partial charge in [-0.25, -0.2) is 0 Å². The molecule has 1 aromatic rings. The topological polar surface area (TPSA) is 12.0 Å². The molecule has 1 aromatic carbocycles. The normalized spacial score (nSPS) is 13.1. The predicted molar refractivity (Wildman–Crippen MR) is 67.1 cm³/mol. The van der Waals surface area contributed by atoms with Gasteiger partial charge in [-0.15, -0.1) is 0 Å². The van der Waals surface area contributed by atoms with Crippen LogP contribution in [-0.4, -0.2) is 13.1 Å². The van der Waals surface area contributed by atoms with E-state index < -0.39 is 0 Å². The van der Waals surface area contributed by atoms with Gasteiger partial charge in [0.25, 0.3) is 0 Å². The van der Waals surface area contributed by atoms with E-state index in [1.807, 2.05) is 0 Å². The van der Waals surface area contributed by atoms with E-state index in [-0.39, 0.29) is 0 Å². The van der Waals surface area contributed by atoms with Crippen LogP contribution >= 0.6 is 0 Å². The van der Waals surface area contributed by atoms with E-state index in [1.165, 1.54) is 18.4 Å². The fourth-order valence-electron chi connectivity index (χ4n) is 1.78. The molecule has 0 aromatic heterocycles. The molecule has 0 aliphatic heterocycles. The van der Waals surface area contributed by atoms with Crippen molar-refractivity contribution in [2.45, 2.75) is 39.2 Å². The Kier molecular flexibility index (Phi) is 5.41. The number of likely N-dealkylation sites (N-methyl/N-ethyl adjacent to an activating group) is 1. The fourth-order valence-corrected chi connectivity index (χ4v) is 1.78. The van der Waals surface area contributed by atoms with Crippen LogP contribution < -0.4 is 5.32 Å². The van der Waals surface area contributed by atoms with Crippen LogP contribution in [0.3, 0.4) is 0 Å². The van der Waals surface area contributed by atoms with Crippen LogP contribution in [-0.2, 0) is 6.42 Å². The molecule has 1 unspecified atom stereocenters. The van der Waals surface area contributed by atoms with Crippen LogP contribution in [0.5, 0.6) is 0 Å². The van der Waals surface area contributed by atoms with Crippen molar-refractivity contribution in [1.82, 2.24) is 5.32 Å². The molecule has 0 aliphatic rings. The second kappa shape index (κ2) is 6.62. The van der Waals surface area contributed by atoms with E-state index in [4.69, 9.17) is 0 Å². The number of benzene rings is 1. The van der Waals surface area contributed by atoms with E-state index >= 15 is 0 Å². The Hall–Kier alpha value is -0.820. The van der Waals surface area contributed by atoms with E-state index in [9.17, 15) is 0 Å². The molecule has 84 valence electrons. The number of nitrogens with one attached hydrogen (secondary N) is 1. The van der Waals surface area contributed by atoms with Gasteiger partial charge in [-0.3, -0.25) is 0 Å². The second-order valence-corrected chi connectivity index (χ2v) is 4.65. The third-order valence-corrected chi connectivity index (χ3v) is 2.83. The first-order valence-electron chi connectivity index (χ1n) is 5.93. The highest BCUT2D eigenvalue weighted by molar-refractivity contribution is 5.15. The SMILES string of the molecule is CNC(CCC(C)C)Cc1ccccc1. The van der Waals surface area contributed by atoms with Crippen LogP contribution in [0.4, 0.5) is 0 Å². The maximum Gasteiger partial charge on any atom is 0.0105 e. The minimum absolute atomic E-state index is 0.620. The quantitative estimate of drug-likeness (QED) is 0.751. The van der Waals surface area contributed by atoms with Gasteiger partial charge in [0.1, 0.15) is 0 Å². The van der Waals surface area contributed by atoms with E-state index in [0.29, 0.717) is 6.04 Å². The largest absolute Gasteiger partial charge is 0.317 e. The molecule has 0 amide bonds. The molecular formula is C14H23N. The first kappa shape index (κ1) is 12.3. The van der Waals surface area contributed by atoms with Gasteiger partial charge in [-0.2, -0.15) is 0 Å². The average molecular weight is 205 g/mol. The third-order valence-electron chi connectivity index (χ3n) is 2.83. The molecule has 0 saturated heterocycles. The molecule has 0 spiro atoms. The predicted octanol–water partition coefficient (Wildman–Crippen LogP) is 3.25. The van der Waals surface area contributed by atoms with Gasteiger partial charge < -0.3 is 5.32 Å². The maximum atomic E-state index is 3.41. The highest BCUT2D eigenvalue weighted by Gasteiger charge is 2.07. The summed E-state index contributed by atoms with van der Waals surface area (Å²) in [6, 6.07) is 11.3. The van der Waals surface area contributed by atoms with Crippen LogP contribution in [0, 0.1) is 5.92 Å². The third kappa shape index (κ3) is 4.98. The molecule has 0 heterocycles. The lowest BCUT2D eigenvalue weighted by Gasteiger charge is -2.17. The summed E-state index contributed by atoms with van der Waals surface area (Å²) in [5.41, 5.74) is 1.43. The summed E-state index contributed by atoms with van der Waals surface area (Å²) in [4.78, 5) is 0. The molecule has 1 nitrogen and oxygen atoms in total. The summed E-state index contributed by atoms with van der Waals surface area (Å²) < 4.78 is 0. The first-order chi connectivity index (χ1) is 7.22. The molecule has 0 radical (unpaired) electrons. The summed E-state index contributed by atoms with van der Waals surface area (Å²) in [5, 5.41) is 3.41. The Morgan fingerprint density at radius 2 is 1.73 bits per heavy atom. The van der Waals surface area contributed by atoms with Gasteiger partial charge in [0.05, 0.1) is 0 Å². The highest BCUT2D eigenvalue weighted by Crippen LogP contribution is 2.11. The summed E-state index contributed by atoms with van der Waals surface area (Å²) in [5.74, 6) is 0.802. The maximum absolute atomic E-state index is 3.41. The summed E-state index contributed by atoms with van der Waals surface area (Å²) in [6.07, 6.45) is 3.71.